The van der Waals surface area contributed by atoms with Crippen molar-refractivity contribution in [2.75, 3.05) is 0 Å². The van der Waals surface area contributed by atoms with Crippen molar-refractivity contribution >= 4 is 5.78 Å². The minimum Gasteiger partial charge on any atom is -0.490 e. The fraction of sp³-hybridized carbons (Fsp3) is 0.500. The van der Waals surface area contributed by atoms with E-state index in [1.807, 2.05) is 6.92 Å². The standard InChI is InChI=1S/C14H17FO2/c1-3-10(9(2)16)7-13-8-11-6-12(15)4-5-14(11)17-13/h4-6,10,13H,3,7-8H2,1-2H3. The molecule has 3 heteroatoms. The molecule has 1 aliphatic rings. The second kappa shape index (κ2) is 4.86. The Labute approximate surface area is 101 Å². The quantitative estimate of drug-likeness (QED) is 0.802. The van der Waals surface area contributed by atoms with Crippen molar-refractivity contribution in [3.63, 3.8) is 0 Å². The van der Waals surface area contributed by atoms with Gasteiger partial charge in [0.2, 0.25) is 0 Å². The van der Waals surface area contributed by atoms with E-state index in [-0.39, 0.29) is 23.6 Å². The maximum absolute atomic E-state index is 13.0. The smallest absolute Gasteiger partial charge is 0.133 e. The highest BCUT2D eigenvalue weighted by molar-refractivity contribution is 5.78. The van der Waals surface area contributed by atoms with Crippen LogP contribution in [0.1, 0.15) is 32.3 Å². The first-order valence-electron chi connectivity index (χ1n) is 6.05. The lowest BCUT2D eigenvalue weighted by Gasteiger charge is -2.16. The lowest BCUT2D eigenvalue weighted by Crippen LogP contribution is -2.22. The van der Waals surface area contributed by atoms with E-state index in [1.165, 1.54) is 12.1 Å². The van der Waals surface area contributed by atoms with Crippen LogP contribution in [0, 0.1) is 11.7 Å². The Morgan fingerprint density at radius 1 is 1.59 bits per heavy atom. The Morgan fingerprint density at radius 2 is 2.35 bits per heavy atom. The van der Waals surface area contributed by atoms with Crippen LogP contribution in [-0.4, -0.2) is 11.9 Å². The van der Waals surface area contributed by atoms with Gasteiger partial charge in [-0.15, -0.1) is 0 Å². The van der Waals surface area contributed by atoms with Gasteiger partial charge in [-0.1, -0.05) is 6.92 Å². The molecular formula is C14H17FO2. The second-order valence-corrected chi connectivity index (χ2v) is 4.65. The molecule has 17 heavy (non-hydrogen) atoms. The maximum Gasteiger partial charge on any atom is 0.133 e. The molecule has 0 aliphatic carbocycles. The third kappa shape index (κ3) is 2.65. The summed E-state index contributed by atoms with van der Waals surface area (Å²) >= 11 is 0. The Balaban J connectivity index is 2.02. The number of benzene rings is 1. The molecule has 2 rings (SSSR count). The van der Waals surface area contributed by atoms with E-state index in [4.69, 9.17) is 4.74 Å². The molecule has 2 nitrogen and oxygen atoms in total. The number of hydrogen-bond donors (Lipinski definition) is 0. The van der Waals surface area contributed by atoms with Crippen molar-refractivity contribution < 1.29 is 13.9 Å². The zero-order valence-electron chi connectivity index (χ0n) is 10.2. The monoisotopic (exact) mass is 236 g/mol. The van der Waals surface area contributed by atoms with Crippen LogP contribution in [0.15, 0.2) is 18.2 Å². The fourth-order valence-corrected chi connectivity index (χ4v) is 2.36. The number of halogens is 1. The number of hydrogen-bond acceptors (Lipinski definition) is 2. The summed E-state index contributed by atoms with van der Waals surface area (Å²) in [5, 5.41) is 0. The van der Waals surface area contributed by atoms with Gasteiger partial charge in [-0.25, -0.2) is 4.39 Å². The SMILES string of the molecule is CCC(CC1Cc2cc(F)ccc2O1)C(C)=O. The number of carbonyl (C=O) groups is 1. The molecule has 2 atom stereocenters. The molecule has 1 aliphatic heterocycles. The van der Waals surface area contributed by atoms with Crippen LogP contribution in [0.3, 0.4) is 0 Å². The van der Waals surface area contributed by atoms with E-state index in [1.54, 1.807) is 13.0 Å². The van der Waals surface area contributed by atoms with Gasteiger partial charge >= 0.3 is 0 Å². The average Bonchev–Trinajstić information content (AvgIpc) is 2.66. The molecule has 0 fully saturated rings. The van der Waals surface area contributed by atoms with Crippen molar-refractivity contribution in [1.29, 1.82) is 0 Å². The molecule has 0 bridgehead atoms. The Bertz CT molecular complexity index is 428. The number of ether oxygens (including phenoxy) is 1. The van der Waals surface area contributed by atoms with Crippen LogP contribution in [0.5, 0.6) is 5.75 Å². The summed E-state index contributed by atoms with van der Waals surface area (Å²) < 4.78 is 18.8. The molecule has 0 N–H and O–H groups in total. The van der Waals surface area contributed by atoms with E-state index < -0.39 is 0 Å². The molecule has 0 radical (unpaired) electrons. The van der Waals surface area contributed by atoms with Crippen molar-refractivity contribution in [2.45, 2.75) is 39.2 Å². The van der Waals surface area contributed by atoms with Gasteiger partial charge in [-0.05, 0) is 38.0 Å². The summed E-state index contributed by atoms with van der Waals surface area (Å²) in [5.74, 6) is 0.791. The van der Waals surface area contributed by atoms with E-state index in [9.17, 15) is 9.18 Å². The van der Waals surface area contributed by atoms with E-state index in [0.717, 1.165) is 24.2 Å². The van der Waals surface area contributed by atoms with E-state index >= 15 is 0 Å². The highest BCUT2D eigenvalue weighted by Gasteiger charge is 2.27. The molecule has 0 aromatic heterocycles. The third-order valence-corrected chi connectivity index (χ3v) is 3.38. The van der Waals surface area contributed by atoms with Gasteiger partial charge in [0.05, 0.1) is 0 Å². The molecule has 0 amide bonds. The maximum atomic E-state index is 13.0. The molecular weight excluding hydrogens is 219 g/mol. The van der Waals surface area contributed by atoms with E-state index in [2.05, 4.69) is 0 Å². The van der Waals surface area contributed by atoms with Crippen LogP contribution in [-0.2, 0) is 11.2 Å². The van der Waals surface area contributed by atoms with E-state index in [0.29, 0.717) is 6.42 Å². The summed E-state index contributed by atoms with van der Waals surface area (Å²) in [6.45, 7) is 3.63. The van der Waals surface area contributed by atoms with Gasteiger partial charge in [-0.3, -0.25) is 4.79 Å². The molecule has 2 unspecified atom stereocenters. The van der Waals surface area contributed by atoms with Crippen molar-refractivity contribution in [3.8, 4) is 5.75 Å². The minimum atomic E-state index is -0.230. The highest BCUT2D eigenvalue weighted by Crippen LogP contribution is 2.32. The van der Waals surface area contributed by atoms with Crippen LogP contribution < -0.4 is 4.74 Å². The van der Waals surface area contributed by atoms with Crippen LogP contribution in [0.25, 0.3) is 0 Å². The third-order valence-electron chi connectivity index (χ3n) is 3.38. The predicted molar refractivity (Wildman–Crippen MR) is 63.6 cm³/mol. The topological polar surface area (TPSA) is 26.3 Å². The van der Waals surface area contributed by atoms with Crippen molar-refractivity contribution in [3.05, 3.63) is 29.6 Å². The minimum absolute atomic E-state index is 0.0145. The first kappa shape index (κ1) is 12.1. The fourth-order valence-electron chi connectivity index (χ4n) is 2.36. The van der Waals surface area contributed by atoms with Crippen LogP contribution >= 0.6 is 0 Å². The number of fused-ring (bicyclic) bond motifs is 1. The van der Waals surface area contributed by atoms with Gasteiger partial charge in [0.1, 0.15) is 23.5 Å². The van der Waals surface area contributed by atoms with Crippen LogP contribution in [0.4, 0.5) is 4.39 Å². The summed E-state index contributed by atoms with van der Waals surface area (Å²) in [6.07, 6.45) is 2.28. The van der Waals surface area contributed by atoms with Crippen molar-refractivity contribution in [2.24, 2.45) is 5.92 Å². The number of rotatable bonds is 4. The molecule has 1 aromatic carbocycles. The van der Waals surface area contributed by atoms with Gasteiger partial charge in [0.15, 0.2) is 0 Å². The zero-order valence-corrected chi connectivity index (χ0v) is 10.2. The largest absolute Gasteiger partial charge is 0.490 e. The molecule has 1 aromatic rings. The number of carbonyl (C=O) groups excluding carboxylic acids is 1. The lowest BCUT2D eigenvalue weighted by molar-refractivity contribution is -0.121. The predicted octanol–water partition coefficient (Wildman–Crippen LogP) is 3.13. The zero-order chi connectivity index (χ0) is 12.4. The molecule has 0 saturated heterocycles. The van der Waals surface area contributed by atoms with Gasteiger partial charge in [0.25, 0.3) is 0 Å². The molecule has 0 saturated carbocycles. The lowest BCUT2D eigenvalue weighted by atomic mass is 9.93. The van der Waals surface area contributed by atoms with Gasteiger partial charge in [0, 0.05) is 17.9 Å². The summed E-state index contributed by atoms with van der Waals surface area (Å²) in [6, 6.07) is 4.59. The number of ketones is 1. The summed E-state index contributed by atoms with van der Waals surface area (Å²) in [7, 11) is 0. The summed E-state index contributed by atoms with van der Waals surface area (Å²) in [5.41, 5.74) is 0.911. The normalized spacial score (nSPS) is 19.6. The summed E-state index contributed by atoms with van der Waals surface area (Å²) in [4.78, 5) is 11.4. The van der Waals surface area contributed by atoms with Gasteiger partial charge in [-0.2, -0.15) is 0 Å². The Morgan fingerprint density at radius 3 is 3.00 bits per heavy atom. The first-order chi connectivity index (χ1) is 8.10. The first-order valence-corrected chi connectivity index (χ1v) is 6.05. The van der Waals surface area contributed by atoms with Crippen molar-refractivity contribution in [1.82, 2.24) is 0 Å². The Hall–Kier alpha value is -1.38. The molecule has 1 heterocycles. The highest BCUT2D eigenvalue weighted by atomic mass is 19.1. The number of Topliss-reactive ketones (excluding diaryl/α,β-unsaturated/α-hetero) is 1. The second-order valence-electron chi connectivity index (χ2n) is 4.65. The van der Waals surface area contributed by atoms with Crippen LogP contribution in [0.2, 0.25) is 0 Å². The average molecular weight is 236 g/mol. The molecule has 92 valence electrons. The van der Waals surface area contributed by atoms with Gasteiger partial charge < -0.3 is 4.74 Å². The molecule has 0 spiro atoms. The Kier molecular flexibility index (Phi) is 3.46.